The van der Waals surface area contributed by atoms with Gasteiger partial charge in [0.1, 0.15) is 0 Å². The third-order valence-corrected chi connectivity index (χ3v) is 5.42. The number of amides is 1. The summed E-state index contributed by atoms with van der Waals surface area (Å²) in [5.74, 6) is 0.483. The molecule has 1 N–H and O–H groups in total. The zero-order valence-corrected chi connectivity index (χ0v) is 17.6. The van der Waals surface area contributed by atoms with Crippen LogP contribution in [0.1, 0.15) is 30.2 Å². The molecule has 4 aromatic rings. The van der Waals surface area contributed by atoms with Crippen molar-refractivity contribution in [2.45, 2.75) is 19.9 Å². The van der Waals surface area contributed by atoms with Crippen LogP contribution in [-0.4, -0.2) is 39.8 Å². The fourth-order valence-electron chi connectivity index (χ4n) is 3.17. The third-order valence-electron chi connectivity index (χ3n) is 4.53. The maximum absolute atomic E-state index is 13.3. The Morgan fingerprint density at radius 2 is 2.07 bits per heavy atom. The molecule has 0 fully saturated rings. The lowest BCUT2D eigenvalue weighted by molar-refractivity contribution is 0.102. The van der Waals surface area contributed by atoms with Gasteiger partial charge in [-0.05, 0) is 43.5 Å². The van der Waals surface area contributed by atoms with Crippen molar-refractivity contribution in [1.29, 1.82) is 0 Å². The van der Waals surface area contributed by atoms with Crippen LogP contribution >= 0.6 is 11.3 Å². The number of nitrogens with zero attached hydrogens (tertiary/aromatic N) is 5. The first-order valence-electron chi connectivity index (χ1n) is 9.31. The van der Waals surface area contributed by atoms with E-state index in [2.05, 4.69) is 15.4 Å². The Bertz CT molecular complexity index is 1160. The van der Waals surface area contributed by atoms with Crippen LogP contribution in [0.3, 0.4) is 0 Å². The van der Waals surface area contributed by atoms with Gasteiger partial charge in [-0.25, -0.2) is 14.6 Å². The molecule has 0 aliphatic rings. The van der Waals surface area contributed by atoms with Gasteiger partial charge < -0.3 is 10.2 Å². The standard InChI is InChI=1S/C21H22N6OS/c1-13(2)27-19-15(12-23-27)14(11-17(24-19)18-8-6-10-29-18)21(28)25-16-7-5-9-22-20(16)26(3)4/h5-13H,1-4H3,(H,25,28). The summed E-state index contributed by atoms with van der Waals surface area (Å²) < 4.78 is 1.85. The maximum atomic E-state index is 13.3. The van der Waals surface area contributed by atoms with E-state index in [1.54, 1.807) is 29.8 Å². The highest BCUT2D eigenvalue weighted by Gasteiger charge is 2.20. The summed E-state index contributed by atoms with van der Waals surface area (Å²) in [6.45, 7) is 4.09. The van der Waals surface area contributed by atoms with E-state index >= 15 is 0 Å². The van der Waals surface area contributed by atoms with Gasteiger partial charge in [-0.3, -0.25) is 4.79 Å². The van der Waals surface area contributed by atoms with E-state index in [9.17, 15) is 4.79 Å². The first kappa shape index (κ1) is 19.1. The lowest BCUT2D eigenvalue weighted by Crippen LogP contribution is -2.18. The molecule has 8 heteroatoms. The van der Waals surface area contributed by atoms with Crippen molar-refractivity contribution in [3.05, 3.63) is 53.7 Å². The van der Waals surface area contributed by atoms with Crippen molar-refractivity contribution in [1.82, 2.24) is 19.7 Å². The van der Waals surface area contributed by atoms with Crippen LogP contribution in [0.25, 0.3) is 21.6 Å². The number of carbonyl (C=O) groups excluding carboxylic acids is 1. The quantitative estimate of drug-likeness (QED) is 0.530. The van der Waals surface area contributed by atoms with Gasteiger partial charge in [0.15, 0.2) is 11.5 Å². The van der Waals surface area contributed by atoms with Gasteiger partial charge in [0.05, 0.1) is 33.4 Å². The molecule has 4 heterocycles. The van der Waals surface area contributed by atoms with E-state index in [0.717, 1.165) is 16.0 Å². The fourth-order valence-corrected chi connectivity index (χ4v) is 3.86. The molecule has 0 saturated carbocycles. The summed E-state index contributed by atoms with van der Waals surface area (Å²) in [7, 11) is 3.79. The molecule has 0 aromatic carbocycles. The molecule has 0 bridgehead atoms. The Morgan fingerprint density at radius 3 is 2.76 bits per heavy atom. The molecule has 29 heavy (non-hydrogen) atoms. The van der Waals surface area contributed by atoms with E-state index in [1.807, 2.05) is 67.2 Å². The number of nitrogens with one attached hydrogen (secondary N) is 1. The number of carbonyl (C=O) groups is 1. The van der Waals surface area contributed by atoms with Crippen LogP contribution < -0.4 is 10.2 Å². The first-order chi connectivity index (χ1) is 14.0. The van der Waals surface area contributed by atoms with E-state index in [4.69, 9.17) is 4.98 Å². The first-order valence-corrected chi connectivity index (χ1v) is 10.2. The van der Waals surface area contributed by atoms with Crippen molar-refractivity contribution in [3.63, 3.8) is 0 Å². The molecule has 0 unspecified atom stereocenters. The normalized spacial score (nSPS) is 11.2. The molecule has 4 rings (SSSR count). The van der Waals surface area contributed by atoms with E-state index in [1.165, 1.54) is 0 Å². The van der Waals surface area contributed by atoms with Crippen molar-refractivity contribution in [2.75, 3.05) is 24.3 Å². The van der Waals surface area contributed by atoms with Crippen LogP contribution in [0.4, 0.5) is 11.5 Å². The van der Waals surface area contributed by atoms with Gasteiger partial charge in [0.2, 0.25) is 0 Å². The Labute approximate surface area is 173 Å². The Kier molecular flexibility index (Phi) is 5.02. The highest BCUT2D eigenvalue weighted by molar-refractivity contribution is 7.13. The molecule has 148 valence electrons. The van der Waals surface area contributed by atoms with E-state index < -0.39 is 0 Å². The molecule has 7 nitrogen and oxygen atoms in total. The van der Waals surface area contributed by atoms with Crippen LogP contribution in [0.15, 0.2) is 48.1 Å². The smallest absolute Gasteiger partial charge is 0.256 e. The molecule has 1 amide bonds. The van der Waals surface area contributed by atoms with Gasteiger partial charge in [-0.2, -0.15) is 5.10 Å². The van der Waals surface area contributed by atoms with E-state index in [-0.39, 0.29) is 11.9 Å². The lowest BCUT2D eigenvalue weighted by atomic mass is 10.1. The summed E-state index contributed by atoms with van der Waals surface area (Å²) >= 11 is 1.59. The minimum atomic E-state index is -0.213. The van der Waals surface area contributed by atoms with Gasteiger partial charge in [-0.15, -0.1) is 11.3 Å². The number of aromatic nitrogens is 4. The number of pyridine rings is 2. The van der Waals surface area contributed by atoms with Crippen molar-refractivity contribution >= 4 is 39.8 Å². The summed E-state index contributed by atoms with van der Waals surface area (Å²) in [5.41, 5.74) is 2.66. The van der Waals surface area contributed by atoms with Crippen LogP contribution in [-0.2, 0) is 0 Å². The van der Waals surface area contributed by atoms with Crippen molar-refractivity contribution < 1.29 is 4.79 Å². The second-order valence-electron chi connectivity index (χ2n) is 7.18. The van der Waals surface area contributed by atoms with Crippen LogP contribution in [0, 0.1) is 0 Å². The number of rotatable bonds is 5. The predicted octanol–water partition coefficient (Wildman–Crippen LogP) is 4.45. The number of hydrogen-bond donors (Lipinski definition) is 1. The Morgan fingerprint density at radius 1 is 1.24 bits per heavy atom. The van der Waals surface area contributed by atoms with E-state index in [0.29, 0.717) is 22.7 Å². The molecule has 0 atom stereocenters. The number of fused-ring (bicyclic) bond motifs is 1. The maximum Gasteiger partial charge on any atom is 0.256 e. The Hall–Kier alpha value is -3.26. The van der Waals surface area contributed by atoms with Crippen LogP contribution in [0.2, 0.25) is 0 Å². The molecular formula is C21H22N6OS. The third kappa shape index (κ3) is 3.58. The summed E-state index contributed by atoms with van der Waals surface area (Å²) in [6, 6.07) is 9.59. The Balaban J connectivity index is 1.83. The highest BCUT2D eigenvalue weighted by atomic mass is 32.1. The average molecular weight is 407 g/mol. The molecule has 0 spiro atoms. The topological polar surface area (TPSA) is 75.9 Å². The summed E-state index contributed by atoms with van der Waals surface area (Å²) in [4.78, 5) is 25.3. The summed E-state index contributed by atoms with van der Waals surface area (Å²) in [5, 5.41) is 10.2. The molecule has 0 aliphatic heterocycles. The number of anilines is 2. The minimum absolute atomic E-state index is 0.133. The second-order valence-corrected chi connectivity index (χ2v) is 8.12. The van der Waals surface area contributed by atoms with Crippen LogP contribution in [0.5, 0.6) is 0 Å². The SMILES string of the molecule is CC(C)n1ncc2c(C(=O)Nc3cccnc3N(C)C)cc(-c3cccs3)nc21. The second kappa shape index (κ2) is 7.63. The molecule has 0 saturated heterocycles. The highest BCUT2D eigenvalue weighted by Crippen LogP contribution is 2.30. The largest absolute Gasteiger partial charge is 0.361 e. The number of thiophene rings is 1. The lowest BCUT2D eigenvalue weighted by Gasteiger charge is -2.16. The molecule has 0 aliphatic carbocycles. The monoisotopic (exact) mass is 406 g/mol. The van der Waals surface area contributed by atoms with Gasteiger partial charge in [0, 0.05) is 26.3 Å². The zero-order valence-electron chi connectivity index (χ0n) is 16.7. The fraction of sp³-hybridized carbons (Fsp3) is 0.238. The van der Waals surface area contributed by atoms with Gasteiger partial charge >= 0.3 is 0 Å². The average Bonchev–Trinajstić information content (AvgIpc) is 3.37. The number of hydrogen-bond acceptors (Lipinski definition) is 6. The van der Waals surface area contributed by atoms with Gasteiger partial charge in [-0.1, -0.05) is 6.07 Å². The molecular weight excluding hydrogens is 384 g/mol. The molecule has 4 aromatic heterocycles. The summed E-state index contributed by atoms with van der Waals surface area (Å²) in [6.07, 6.45) is 3.42. The predicted molar refractivity (Wildman–Crippen MR) is 118 cm³/mol. The van der Waals surface area contributed by atoms with Gasteiger partial charge in [0.25, 0.3) is 5.91 Å². The molecule has 0 radical (unpaired) electrons. The minimum Gasteiger partial charge on any atom is -0.361 e. The van der Waals surface area contributed by atoms with Crippen molar-refractivity contribution in [3.8, 4) is 10.6 Å². The van der Waals surface area contributed by atoms with Crippen molar-refractivity contribution in [2.24, 2.45) is 0 Å². The zero-order chi connectivity index (χ0) is 20.5.